The monoisotopic (exact) mass is 336 g/mol. The van der Waals surface area contributed by atoms with E-state index in [0.717, 1.165) is 5.56 Å². The third kappa shape index (κ3) is 4.24. The van der Waals surface area contributed by atoms with Crippen molar-refractivity contribution in [3.05, 3.63) is 28.2 Å². The number of para-hydroxylation sites is 1. The summed E-state index contributed by atoms with van der Waals surface area (Å²) in [6.07, 6.45) is 0. The van der Waals surface area contributed by atoms with Gasteiger partial charge in [0.2, 0.25) is 10.0 Å². The van der Waals surface area contributed by atoms with E-state index < -0.39 is 10.0 Å². The van der Waals surface area contributed by atoms with Crippen LogP contribution in [0.15, 0.2) is 22.7 Å². The van der Waals surface area contributed by atoms with Crippen LogP contribution in [-0.2, 0) is 16.6 Å². The van der Waals surface area contributed by atoms with E-state index in [4.69, 9.17) is 0 Å². The Hall–Kier alpha value is -0.630. The Labute approximate surface area is 116 Å². The number of hydrogen-bond donors (Lipinski definition) is 2. The van der Waals surface area contributed by atoms with Gasteiger partial charge < -0.3 is 10.4 Å². The first-order valence-electron chi connectivity index (χ1n) is 5.42. The first kappa shape index (κ1) is 15.4. The number of sulfonamides is 1. The quantitative estimate of drug-likeness (QED) is 0.764. The number of halogens is 1. The maximum atomic E-state index is 11.5. The van der Waals surface area contributed by atoms with Gasteiger partial charge in [0.25, 0.3) is 0 Å². The highest BCUT2D eigenvalue weighted by Gasteiger charge is 2.12. The van der Waals surface area contributed by atoms with Crippen molar-refractivity contribution < 1.29 is 13.5 Å². The first-order chi connectivity index (χ1) is 8.34. The Morgan fingerprint density at radius 2 is 2.06 bits per heavy atom. The lowest BCUT2D eigenvalue weighted by atomic mass is 10.2. The molecule has 18 heavy (non-hydrogen) atoms. The lowest BCUT2D eigenvalue weighted by Gasteiger charge is -2.12. The maximum absolute atomic E-state index is 11.5. The van der Waals surface area contributed by atoms with Crippen molar-refractivity contribution in [2.45, 2.75) is 6.54 Å². The van der Waals surface area contributed by atoms with Gasteiger partial charge in [0.15, 0.2) is 0 Å². The lowest BCUT2D eigenvalue weighted by molar-refractivity contribution is 0.461. The molecule has 0 aromatic heterocycles. The molecule has 0 saturated carbocycles. The van der Waals surface area contributed by atoms with Gasteiger partial charge in [-0.05, 0) is 22.0 Å². The van der Waals surface area contributed by atoms with Crippen LogP contribution in [0.2, 0.25) is 0 Å². The third-order valence-electron chi connectivity index (χ3n) is 2.48. The van der Waals surface area contributed by atoms with Crippen LogP contribution in [0.1, 0.15) is 5.56 Å². The summed E-state index contributed by atoms with van der Waals surface area (Å²) < 4.78 is 24.8. The minimum Gasteiger partial charge on any atom is -0.506 e. The van der Waals surface area contributed by atoms with E-state index >= 15 is 0 Å². The standard InChI is InChI=1S/C11H17BrN2O3S/c1-14(2)18(16,17)7-6-13-8-9-4-3-5-10(12)11(9)15/h3-5,13,15H,6-8H2,1-2H3. The number of nitrogens with one attached hydrogen (secondary N) is 1. The number of benzene rings is 1. The van der Waals surface area contributed by atoms with Crippen LogP contribution in [0.4, 0.5) is 0 Å². The van der Waals surface area contributed by atoms with Crippen LogP contribution in [0, 0.1) is 0 Å². The minimum atomic E-state index is -3.17. The topological polar surface area (TPSA) is 69.6 Å². The Bertz CT molecular complexity index is 503. The summed E-state index contributed by atoms with van der Waals surface area (Å²) in [5.41, 5.74) is 0.728. The van der Waals surface area contributed by atoms with E-state index in [9.17, 15) is 13.5 Å². The van der Waals surface area contributed by atoms with Gasteiger partial charge in [-0.15, -0.1) is 0 Å². The summed E-state index contributed by atoms with van der Waals surface area (Å²) in [6.45, 7) is 0.765. The molecule has 2 N–H and O–H groups in total. The molecule has 0 saturated heterocycles. The molecule has 0 amide bonds. The fourth-order valence-electron chi connectivity index (χ4n) is 1.31. The molecule has 0 aliphatic rings. The predicted octanol–water partition coefficient (Wildman–Crippen LogP) is 1.14. The molecule has 102 valence electrons. The number of nitrogens with zero attached hydrogens (tertiary/aromatic N) is 1. The summed E-state index contributed by atoms with van der Waals surface area (Å²) in [6, 6.07) is 5.35. The highest BCUT2D eigenvalue weighted by Crippen LogP contribution is 2.26. The normalized spacial score (nSPS) is 12.0. The second-order valence-electron chi connectivity index (χ2n) is 4.02. The molecule has 7 heteroatoms. The van der Waals surface area contributed by atoms with E-state index in [1.807, 2.05) is 6.07 Å². The number of phenolic OH excluding ortho intramolecular Hbond substituents is 1. The average Bonchev–Trinajstić information content (AvgIpc) is 2.29. The zero-order valence-electron chi connectivity index (χ0n) is 10.4. The Morgan fingerprint density at radius 1 is 1.39 bits per heavy atom. The lowest BCUT2D eigenvalue weighted by Crippen LogP contribution is -2.31. The molecule has 0 bridgehead atoms. The number of aromatic hydroxyl groups is 1. The van der Waals surface area contributed by atoms with Gasteiger partial charge >= 0.3 is 0 Å². The van der Waals surface area contributed by atoms with Gasteiger partial charge in [0.05, 0.1) is 10.2 Å². The molecular formula is C11H17BrN2O3S. The van der Waals surface area contributed by atoms with Gasteiger partial charge in [-0.25, -0.2) is 12.7 Å². The summed E-state index contributed by atoms with van der Waals surface area (Å²) in [5, 5.41) is 12.7. The second kappa shape index (κ2) is 6.51. The van der Waals surface area contributed by atoms with Crippen molar-refractivity contribution in [1.29, 1.82) is 0 Å². The SMILES string of the molecule is CN(C)S(=O)(=O)CCNCc1cccc(Br)c1O. The molecule has 0 unspecified atom stereocenters. The van der Waals surface area contributed by atoms with Crippen molar-refractivity contribution in [1.82, 2.24) is 9.62 Å². The van der Waals surface area contributed by atoms with E-state index in [0.29, 0.717) is 17.6 Å². The summed E-state index contributed by atoms with van der Waals surface area (Å²) in [4.78, 5) is 0. The highest BCUT2D eigenvalue weighted by molar-refractivity contribution is 9.10. The molecule has 0 spiro atoms. The third-order valence-corrected chi connectivity index (χ3v) is 4.95. The maximum Gasteiger partial charge on any atom is 0.214 e. The molecule has 0 atom stereocenters. The Kier molecular flexibility index (Phi) is 5.58. The smallest absolute Gasteiger partial charge is 0.214 e. The van der Waals surface area contributed by atoms with Gasteiger partial charge in [-0.1, -0.05) is 12.1 Å². The average molecular weight is 337 g/mol. The number of hydrogen-bond acceptors (Lipinski definition) is 4. The van der Waals surface area contributed by atoms with Crippen LogP contribution in [0.3, 0.4) is 0 Å². The van der Waals surface area contributed by atoms with Crippen molar-refractivity contribution in [3.63, 3.8) is 0 Å². The van der Waals surface area contributed by atoms with Gasteiger partial charge in [0, 0.05) is 32.7 Å². The summed E-state index contributed by atoms with van der Waals surface area (Å²) >= 11 is 3.23. The van der Waals surface area contributed by atoms with Gasteiger partial charge in [-0.2, -0.15) is 0 Å². The van der Waals surface area contributed by atoms with Crippen molar-refractivity contribution >= 4 is 26.0 Å². The zero-order chi connectivity index (χ0) is 13.8. The molecule has 1 aromatic carbocycles. The van der Waals surface area contributed by atoms with E-state index in [-0.39, 0.29) is 11.5 Å². The van der Waals surface area contributed by atoms with Crippen molar-refractivity contribution in [2.75, 3.05) is 26.4 Å². The molecule has 0 heterocycles. The van der Waals surface area contributed by atoms with Gasteiger partial charge in [0.1, 0.15) is 5.75 Å². The number of phenols is 1. The summed E-state index contributed by atoms with van der Waals surface area (Å²) in [5.74, 6) is 0.217. The van der Waals surface area contributed by atoms with Crippen molar-refractivity contribution in [2.24, 2.45) is 0 Å². The van der Waals surface area contributed by atoms with Crippen LogP contribution >= 0.6 is 15.9 Å². The Balaban J connectivity index is 2.46. The van der Waals surface area contributed by atoms with E-state index in [2.05, 4.69) is 21.2 Å². The van der Waals surface area contributed by atoms with E-state index in [1.165, 1.54) is 18.4 Å². The van der Waals surface area contributed by atoms with E-state index in [1.54, 1.807) is 12.1 Å². The first-order valence-corrected chi connectivity index (χ1v) is 7.82. The molecule has 0 radical (unpaired) electrons. The number of rotatable bonds is 6. The zero-order valence-corrected chi connectivity index (χ0v) is 12.8. The largest absolute Gasteiger partial charge is 0.506 e. The molecule has 1 rings (SSSR count). The fraction of sp³-hybridized carbons (Fsp3) is 0.455. The fourth-order valence-corrected chi connectivity index (χ4v) is 2.48. The van der Waals surface area contributed by atoms with Gasteiger partial charge in [-0.3, -0.25) is 0 Å². The molecule has 0 aliphatic carbocycles. The van der Waals surface area contributed by atoms with Crippen LogP contribution in [-0.4, -0.2) is 44.2 Å². The summed E-state index contributed by atoms with van der Waals surface area (Å²) in [7, 11) is -0.153. The Morgan fingerprint density at radius 3 is 2.67 bits per heavy atom. The van der Waals surface area contributed by atoms with Crippen LogP contribution in [0.25, 0.3) is 0 Å². The molecule has 0 aliphatic heterocycles. The van der Waals surface area contributed by atoms with Crippen LogP contribution in [0.5, 0.6) is 5.75 Å². The molecule has 0 fully saturated rings. The van der Waals surface area contributed by atoms with Crippen LogP contribution < -0.4 is 5.32 Å². The molecule has 1 aromatic rings. The molecular weight excluding hydrogens is 320 g/mol. The second-order valence-corrected chi connectivity index (χ2v) is 7.18. The highest BCUT2D eigenvalue weighted by atomic mass is 79.9. The molecule has 5 nitrogen and oxygen atoms in total. The minimum absolute atomic E-state index is 0.0365. The predicted molar refractivity (Wildman–Crippen MR) is 75.0 cm³/mol. The van der Waals surface area contributed by atoms with Crippen molar-refractivity contribution in [3.8, 4) is 5.75 Å².